The number of hydrogen-bond acceptors (Lipinski definition) is 7. The number of anilines is 1. The lowest BCUT2D eigenvalue weighted by atomic mass is 10.0. The quantitative estimate of drug-likeness (QED) is 0.311. The second-order valence-electron chi connectivity index (χ2n) is 10.8. The van der Waals surface area contributed by atoms with Crippen molar-refractivity contribution in [3.05, 3.63) is 81.8 Å². The molecule has 4 aromatic rings. The monoisotopic (exact) mass is 590 g/mol. The van der Waals surface area contributed by atoms with Crippen LogP contribution in [0.3, 0.4) is 0 Å². The van der Waals surface area contributed by atoms with Gasteiger partial charge in [-0.1, -0.05) is 38.1 Å². The van der Waals surface area contributed by atoms with E-state index in [0.717, 1.165) is 5.56 Å². The molecule has 2 atom stereocenters. The molecule has 1 N–H and O–H groups in total. The van der Waals surface area contributed by atoms with Gasteiger partial charge in [0.25, 0.3) is 0 Å². The first-order valence-corrected chi connectivity index (χ1v) is 14.1. The molecule has 1 saturated heterocycles. The third kappa shape index (κ3) is 4.79. The molecule has 0 spiro atoms. The fraction of sp³-hybridized carbons (Fsp3) is 0.323. The third-order valence-corrected chi connectivity index (χ3v) is 8.24. The van der Waals surface area contributed by atoms with E-state index in [1.165, 1.54) is 28.8 Å². The summed E-state index contributed by atoms with van der Waals surface area (Å²) in [6, 6.07) is 6.89. The van der Waals surface area contributed by atoms with E-state index in [9.17, 15) is 14.7 Å². The molecule has 1 aliphatic rings. The molecule has 3 aromatic heterocycles. The van der Waals surface area contributed by atoms with Gasteiger partial charge in [0, 0.05) is 31.4 Å². The van der Waals surface area contributed by atoms with Crippen LogP contribution < -0.4 is 10.6 Å². The highest BCUT2D eigenvalue weighted by Gasteiger charge is 2.35. The molecule has 0 saturated carbocycles. The van der Waals surface area contributed by atoms with E-state index in [2.05, 4.69) is 16.5 Å². The van der Waals surface area contributed by atoms with Gasteiger partial charge in [0.2, 0.25) is 5.91 Å². The van der Waals surface area contributed by atoms with Crippen LogP contribution in [0.1, 0.15) is 44.9 Å². The number of amides is 1. The van der Waals surface area contributed by atoms with Crippen molar-refractivity contribution in [3.8, 4) is 22.7 Å². The number of hydrogen-bond donors (Lipinski definition) is 1. The summed E-state index contributed by atoms with van der Waals surface area (Å²) in [4.78, 5) is 44.1. The highest BCUT2D eigenvalue weighted by Crippen LogP contribution is 2.39. The number of rotatable bonds is 5. The Morgan fingerprint density at radius 2 is 1.93 bits per heavy atom. The average Bonchev–Trinajstić information content (AvgIpc) is 2.94. The van der Waals surface area contributed by atoms with Crippen molar-refractivity contribution in [2.45, 2.75) is 52.6 Å². The summed E-state index contributed by atoms with van der Waals surface area (Å²) in [5.41, 5.74) is 1.37. The minimum absolute atomic E-state index is 0.0134. The standard InChI is InChI=1S/C31H32ClFN6O3/c1-7-24(41)37-13-14-38(19(6)18(37)5)29-20-15-21(32)27(25-22(33)9-8-10-23(25)40)35-30(20)39(31(42)36-29)28-17(4)11-12-34-26(28)16(2)3/h7-12,15-16,18-19,40H,1,13-14H2,2-6H3/t18-,19-/m0/s1. The zero-order valence-electron chi connectivity index (χ0n) is 24.1. The Balaban J connectivity index is 1.85. The second-order valence-corrected chi connectivity index (χ2v) is 11.2. The summed E-state index contributed by atoms with van der Waals surface area (Å²) >= 11 is 6.74. The molecule has 0 aliphatic carbocycles. The van der Waals surface area contributed by atoms with Gasteiger partial charge in [0.05, 0.1) is 33.0 Å². The number of piperazine rings is 1. The van der Waals surface area contributed by atoms with Gasteiger partial charge in [-0.15, -0.1) is 0 Å². The number of carbonyl (C=O) groups excluding carboxylic acids is 1. The highest BCUT2D eigenvalue weighted by molar-refractivity contribution is 6.34. The molecule has 0 radical (unpaired) electrons. The molecular formula is C31H32ClFN6O3. The highest BCUT2D eigenvalue weighted by atomic mass is 35.5. The first-order chi connectivity index (χ1) is 20.0. The van der Waals surface area contributed by atoms with Crippen molar-refractivity contribution < 1.29 is 14.3 Å². The topological polar surface area (TPSA) is 104 Å². The molecule has 1 aliphatic heterocycles. The number of aryl methyl sites for hydroxylation is 1. The molecule has 0 bridgehead atoms. The van der Waals surface area contributed by atoms with Crippen LogP contribution in [0, 0.1) is 12.7 Å². The summed E-state index contributed by atoms with van der Waals surface area (Å²) in [6.07, 6.45) is 2.98. The SMILES string of the molecule is C=CC(=O)N1CCN(c2nc(=O)n(-c3c(C)ccnc3C(C)C)c3nc(-c4c(O)cccc4F)c(Cl)cc23)[C@@H](C)[C@@H]1C. The van der Waals surface area contributed by atoms with Gasteiger partial charge in [-0.2, -0.15) is 4.98 Å². The Morgan fingerprint density at radius 3 is 2.60 bits per heavy atom. The molecule has 5 rings (SSSR count). The smallest absolute Gasteiger partial charge is 0.355 e. The largest absolute Gasteiger partial charge is 0.507 e. The number of aromatic hydroxyl groups is 1. The van der Waals surface area contributed by atoms with Crippen molar-refractivity contribution in [2.75, 3.05) is 18.0 Å². The number of fused-ring (bicyclic) bond motifs is 1. The van der Waals surface area contributed by atoms with E-state index in [1.54, 1.807) is 23.2 Å². The number of benzene rings is 1. The maximum Gasteiger partial charge on any atom is 0.355 e. The predicted octanol–water partition coefficient (Wildman–Crippen LogP) is 5.38. The third-order valence-electron chi connectivity index (χ3n) is 7.95. The Hall–Kier alpha value is -4.31. The summed E-state index contributed by atoms with van der Waals surface area (Å²) in [5.74, 6) is -0.909. The number of nitrogens with zero attached hydrogens (tertiary/aromatic N) is 6. The molecule has 9 nitrogen and oxygen atoms in total. The molecule has 4 heterocycles. The fourth-order valence-electron chi connectivity index (χ4n) is 5.60. The van der Waals surface area contributed by atoms with E-state index < -0.39 is 11.5 Å². The molecule has 1 aromatic carbocycles. The normalized spacial score (nSPS) is 17.2. The van der Waals surface area contributed by atoms with Crippen molar-refractivity contribution in [1.82, 2.24) is 24.4 Å². The minimum atomic E-state index is -0.710. The van der Waals surface area contributed by atoms with Crippen LogP contribution in [0.15, 0.2) is 54.0 Å². The van der Waals surface area contributed by atoms with Gasteiger partial charge in [0.1, 0.15) is 17.4 Å². The fourth-order valence-corrected chi connectivity index (χ4v) is 5.85. The maximum absolute atomic E-state index is 15.1. The van der Waals surface area contributed by atoms with Crippen LogP contribution in [0.2, 0.25) is 5.02 Å². The molecule has 42 heavy (non-hydrogen) atoms. The Bertz CT molecular complexity index is 1770. The van der Waals surface area contributed by atoms with E-state index in [4.69, 9.17) is 16.6 Å². The lowest BCUT2D eigenvalue weighted by molar-refractivity contribution is -0.129. The van der Waals surface area contributed by atoms with Crippen molar-refractivity contribution >= 4 is 34.4 Å². The van der Waals surface area contributed by atoms with Crippen LogP contribution in [0.5, 0.6) is 5.75 Å². The number of carbonyl (C=O) groups is 1. The van der Waals surface area contributed by atoms with Crippen LogP contribution >= 0.6 is 11.6 Å². The zero-order chi connectivity index (χ0) is 30.5. The van der Waals surface area contributed by atoms with Crippen molar-refractivity contribution in [2.24, 2.45) is 0 Å². The second kappa shape index (κ2) is 11.2. The van der Waals surface area contributed by atoms with Crippen LogP contribution in [0.25, 0.3) is 28.0 Å². The Labute approximate surface area is 247 Å². The van der Waals surface area contributed by atoms with E-state index in [-0.39, 0.29) is 51.6 Å². The molecule has 0 unspecified atom stereocenters. The van der Waals surface area contributed by atoms with Crippen LogP contribution in [0.4, 0.5) is 10.2 Å². The molecule has 11 heteroatoms. The predicted molar refractivity (Wildman–Crippen MR) is 162 cm³/mol. The van der Waals surface area contributed by atoms with E-state index in [0.29, 0.717) is 35.7 Å². The van der Waals surface area contributed by atoms with Gasteiger partial charge in [-0.25, -0.2) is 18.7 Å². The Kier molecular flexibility index (Phi) is 7.76. The van der Waals surface area contributed by atoms with E-state index >= 15 is 4.39 Å². The minimum Gasteiger partial charge on any atom is -0.507 e. The van der Waals surface area contributed by atoms with Gasteiger partial charge >= 0.3 is 5.69 Å². The van der Waals surface area contributed by atoms with Crippen molar-refractivity contribution in [3.63, 3.8) is 0 Å². The molecule has 218 valence electrons. The van der Waals surface area contributed by atoms with Crippen LogP contribution in [-0.4, -0.2) is 60.6 Å². The number of halogens is 2. The lowest BCUT2D eigenvalue weighted by Crippen LogP contribution is -2.59. The molecular weight excluding hydrogens is 559 g/mol. The first-order valence-electron chi connectivity index (χ1n) is 13.7. The zero-order valence-corrected chi connectivity index (χ0v) is 24.9. The maximum atomic E-state index is 15.1. The number of pyridine rings is 2. The van der Waals surface area contributed by atoms with Crippen LogP contribution in [-0.2, 0) is 4.79 Å². The summed E-state index contributed by atoms with van der Waals surface area (Å²) in [7, 11) is 0. The van der Waals surface area contributed by atoms with Gasteiger partial charge in [-0.3, -0.25) is 9.78 Å². The average molecular weight is 591 g/mol. The van der Waals surface area contributed by atoms with Gasteiger partial charge in [-0.05, 0) is 62.6 Å². The molecule has 1 amide bonds. The summed E-state index contributed by atoms with van der Waals surface area (Å²) in [6.45, 7) is 14.1. The number of aromatic nitrogens is 4. The van der Waals surface area contributed by atoms with E-state index in [1.807, 2.05) is 39.5 Å². The summed E-state index contributed by atoms with van der Waals surface area (Å²) in [5, 5.41) is 11.1. The Morgan fingerprint density at radius 1 is 1.19 bits per heavy atom. The van der Waals surface area contributed by atoms with Crippen molar-refractivity contribution in [1.29, 1.82) is 0 Å². The number of phenolic OH excluding ortho intramolecular Hbond substituents is 1. The molecule has 1 fully saturated rings. The van der Waals surface area contributed by atoms with Gasteiger partial charge < -0.3 is 14.9 Å². The summed E-state index contributed by atoms with van der Waals surface area (Å²) < 4.78 is 16.4. The number of phenols is 1. The lowest BCUT2D eigenvalue weighted by Gasteiger charge is -2.45. The first kappa shape index (κ1) is 29.2. The van der Waals surface area contributed by atoms with Gasteiger partial charge in [0.15, 0.2) is 5.65 Å².